The van der Waals surface area contributed by atoms with E-state index in [1.54, 1.807) is 30.3 Å². The van der Waals surface area contributed by atoms with Crippen LogP contribution in [0, 0.1) is 0 Å². The lowest BCUT2D eigenvalue weighted by Crippen LogP contribution is -2.44. The number of amides is 1. The van der Waals surface area contributed by atoms with Crippen molar-refractivity contribution in [3.63, 3.8) is 0 Å². The second-order valence-electron chi connectivity index (χ2n) is 3.81. The van der Waals surface area contributed by atoms with Crippen LogP contribution in [0.1, 0.15) is 6.92 Å². The van der Waals surface area contributed by atoms with Gasteiger partial charge in [-0.2, -0.15) is 0 Å². The van der Waals surface area contributed by atoms with Crippen molar-refractivity contribution in [1.29, 1.82) is 0 Å². The summed E-state index contributed by atoms with van der Waals surface area (Å²) in [5, 5.41) is 10.4. The topological polar surface area (TPSA) is 58.6 Å². The molecule has 0 spiro atoms. The van der Waals surface area contributed by atoms with Crippen LogP contribution in [0.4, 0.5) is 8.78 Å². The van der Waals surface area contributed by atoms with E-state index < -0.39 is 31.1 Å². The molecule has 0 radical (unpaired) electrons. The minimum Gasteiger partial charge on any atom is -0.481 e. The standard InChI is InChI=1S/C12H15F2NO3/c1-9(18-10-5-3-2-4-6-10)11(17)15-7-12(13,14)8-16/h2-6,9,16H,7-8H2,1H3,(H,15,17). The Labute approximate surface area is 104 Å². The molecule has 0 aromatic heterocycles. The summed E-state index contributed by atoms with van der Waals surface area (Å²) in [5.41, 5.74) is 0. The van der Waals surface area contributed by atoms with Crippen molar-refractivity contribution in [3.8, 4) is 5.75 Å². The van der Waals surface area contributed by atoms with Crippen LogP contribution in [0.15, 0.2) is 30.3 Å². The van der Waals surface area contributed by atoms with Gasteiger partial charge in [0, 0.05) is 0 Å². The van der Waals surface area contributed by atoms with Crippen molar-refractivity contribution < 1.29 is 23.4 Å². The highest BCUT2D eigenvalue weighted by Gasteiger charge is 2.29. The van der Waals surface area contributed by atoms with E-state index in [1.807, 2.05) is 5.32 Å². The zero-order valence-electron chi connectivity index (χ0n) is 9.90. The third-order valence-corrected chi connectivity index (χ3v) is 2.18. The number of ether oxygens (including phenoxy) is 1. The zero-order valence-corrected chi connectivity index (χ0v) is 9.90. The van der Waals surface area contributed by atoms with Crippen molar-refractivity contribution in [2.75, 3.05) is 13.2 Å². The molecule has 0 saturated heterocycles. The van der Waals surface area contributed by atoms with Crippen LogP contribution in [-0.2, 0) is 4.79 Å². The predicted octanol–water partition coefficient (Wildman–Crippen LogP) is 1.20. The summed E-state index contributed by atoms with van der Waals surface area (Å²) in [6, 6.07) is 8.58. The maximum absolute atomic E-state index is 12.7. The smallest absolute Gasteiger partial charge is 0.287 e. The van der Waals surface area contributed by atoms with Gasteiger partial charge in [-0.25, -0.2) is 8.78 Å². The Balaban J connectivity index is 2.43. The van der Waals surface area contributed by atoms with Crippen molar-refractivity contribution in [2.45, 2.75) is 19.0 Å². The molecular formula is C12H15F2NO3. The van der Waals surface area contributed by atoms with Gasteiger partial charge in [0.2, 0.25) is 0 Å². The predicted molar refractivity (Wildman–Crippen MR) is 61.6 cm³/mol. The molecule has 1 amide bonds. The number of hydrogen-bond acceptors (Lipinski definition) is 3. The summed E-state index contributed by atoms with van der Waals surface area (Å²) >= 11 is 0. The number of para-hydroxylation sites is 1. The second kappa shape index (κ2) is 6.30. The third kappa shape index (κ3) is 4.67. The lowest BCUT2D eigenvalue weighted by atomic mass is 10.3. The fourth-order valence-electron chi connectivity index (χ4n) is 1.17. The summed E-state index contributed by atoms with van der Waals surface area (Å²) in [5.74, 6) is -3.50. The van der Waals surface area contributed by atoms with Crippen molar-refractivity contribution >= 4 is 5.91 Å². The third-order valence-electron chi connectivity index (χ3n) is 2.18. The summed E-state index contributed by atoms with van der Waals surface area (Å²) in [7, 11) is 0. The summed E-state index contributed by atoms with van der Waals surface area (Å²) in [6.07, 6.45) is -0.887. The van der Waals surface area contributed by atoms with E-state index in [4.69, 9.17) is 9.84 Å². The number of rotatable bonds is 6. The molecule has 1 rings (SSSR count). The van der Waals surface area contributed by atoms with Gasteiger partial charge in [-0.05, 0) is 19.1 Å². The fraction of sp³-hybridized carbons (Fsp3) is 0.417. The molecule has 0 heterocycles. The normalized spacial score (nSPS) is 12.9. The minimum atomic E-state index is -3.32. The van der Waals surface area contributed by atoms with E-state index in [9.17, 15) is 13.6 Å². The molecule has 4 nitrogen and oxygen atoms in total. The first kappa shape index (κ1) is 14.4. The van der Waals surface area contributed by atoms with Crippen LogP contribution in [0.5, 0.6) is 5.75 Å². The van der Waals surface area contributed by atoms with E-state index in [0.29, 0.717) is 5.75 Å². The second-order valence-corrected chi connectivity index (χ2v) is 3.81. The first-order chi connectivity index (χ1) is 8.44. The number of carbonyl (C=O) groups excluding carboxylic acids is 1. The molecular weight excluding hydrogens is 244 g/mol. The summed E-state index contributed by atoms with van der Waals surface area (Å²) < 4.78 is 30.7. The molecule has 1 aromatic rings. The molecule has 0 fully saturated rings. The number of benzene rings is 1. The quantitative estimate of drug-likeness (QED) is 0.807. The molecule has 0 aliphatic rings. The highest BCUT2D eigenvalue weighted by atomic mass is 19.3. The Morgan fingerprint density at radius 2 is 2.06 bits per heavy atom. The van der Waals surface area contributed by atoms with Crippen molar-refractivity contribution in [2.24, 2.45) is 0 Å². The highest BCUT2D eigenvalue weighted by molar-refractivity contribution is 5.80. The summed E-state index contributed by atoms with van der Waals surface area (Å²) in [4.78, 5) is 11.5. The molecule has 0 saturated carbocycles. The van der Waals surface area contributed by atoms with Gasteiger partial charge in [0.15, 0.2) is 6.10 Å². The van der Waals surface area contributed by atoms with E-state index in [2.05, 4.69) is 0 Å². The van der Waals surface area contributed by atoms with Gasteiger partial charge < -0.3 is 15.2 Å². The van der Waals surface area contributed by atoms with Crippen LogP contribution < -0.4 is 10.1 Å². The minimum absolute atomic E-state index is 0.481. The molecule has 1 aromatic carbocycles. The lowest BCUT2D eigenvalue weighted by molar-refractivity contribution is -0.130. The Kier molecular flexibility index (Phi) is 5.03. The number of halogens is 2. The molecule has 0 aliphatic heterocycles. The molecule has 0 aliphatic carbocycles. The van der Waals surface area contributed by atoms with Gasteiger partial charge >= 0.3 is 0 Å². The Morgan fingerprint density at radius 1 is 1.44 bits per heavy atom. The number of hydrogen-bond donors (Lipinski definition) is 2. The largest absolute Gasteiger partial charge is 0.481 e. The number of aliphatic hydroxyl groups excluding tert-OH is 1. The van der Waals surface area contributed by atoms with Gasteiger partial charge in [0.1, 0.15) is 12.4 Å². The molecule has 100 valence electrons. The first-order valence-electron chi connectivity index (χ1n) is 5.43. The van der Waals surface area contributed by atoms with Crippen LogP contribution in [0.25, 0.3) is 0 Å². The molecule has 0 bridgehead atoms. The lowest BCUT2D eigenvalue weighted by Gasteiger charge is -2.17. The van der Waals surface area contributed by atoms with Gasteiger partial charge in [-0.1, -0.05) is 18.2 Å². The first-order valence-corrected chi connectivity index (χ1v) is 5.43. The molecule has 2 N–H and O–H groups in total. The zero-order chi connectivity index (χ0) is 13.6. The molecule has 1 atom stereocenters. The number of alkyl halides is 2. The Bertz CT molecular complexity index is 384. The van der Waals surface area contributed by atoms with Crippen LogP contribution >= 0.6 is 0 Å². The average Bonchev–Trinajstić information content (AvgIpc) is 2.37. The summed E-state index contributed by atoms with van der Waals surface area (Å²) in [6.45, 7) is -0.758. The van der Waals surface area contributed by atoms with Crippen molar-refractivity contribution in [3.05, 3.63) is 30.3 Å². The van der Waals surface area contributed by atoms with E-state index >= 15 is 0 Å². The molecule has 18 heavy (non-hydrogen) atoms. The molecule has 6 heteroatoms. The number of aliphatic hydroxyl groups is 1. The maximum atomic E-state index is 12.7. The van der Waals surface area contributed by atoms with Crippen LogP contribution in [0.3, 0.4) is 0 Å². The van der Waals surface area contributed by atoms with E-state index in [-0.39, 0.29) is 0 Å². The average molecular weight is 259 g/mol. The van der Waals surface area contributed by atoms with Crippen molar-refractivity contribution in [1.82, 2.24) is 5.32 Å². The van der Waals surface area contributed by atoms with Gasteiger partial charge in [0.05, 0.1) is 6.54 Å². The fourth-order valence-corrected chi connectivity index (χ4v) is 1.17. The van der Waals surface area contributed by atoms with Gasteiger partial charge in [-0.3, -0.25) is 4.79 Å². The van der Waals surface area contributed by atoms with Gasteiger partial charge in [0.25, 0.3) is 11.8 Å². The Hall–Kier alpha value is -1.69. The maximum Gasteiger partial charge on any atom is 0.287 e. The SMILES string of the molecule is CC(Oc1ccccc1)C(=O)NCC(F)(F)CO. The molecule has 1 unspecified atom stereocenters. The van der Waals surface area contributed by atoms with E-state index in [0.717, 1.165) is 0 Å². The monoisotopic (exact) mass is 259 g/mol. The highest BCUT2D eigenvalue weighted by Crippen LogP contribution is 2.12. The van der Waals surface area contributed by atoms with Crippen LogP contribution in [0.2, 0.25) is 0 Å². The number of nitrogens with one attached hydrogen (secondary N) is 1. The number of carbonyl (C=O) groups is 1. The Morgan fingerprint density at radius 3 is 2.61 bits per heavy atom. The van der Waals surface area contributed by atoms with Gasteiger partial charge in [-0.15, -0.1) is 0 Å². The van der Waals surface area contributed by atoms with Crippen LogP contribution in [-0.4, -0.2) is 36.2 Å². The van der Waals surface area contributed by atoms with E-state index in [1.165, 1.54) is 6.92 Å².